The Bertz CT molecular complexity index is 1900. The average molecular weight is 1280 g/mol. The molecule has 0 saturated carbocycles. The number of halogens is 1. The van der Waals surface area contributed by atoms with Crippen LogP contribution in [0.3, 0.4) is 0 Å². The van der Waals surface area contributed by atoms with Gasteiger partial charge in [-0.15, -0.1) is 11.8 Å². The summed E-state index contributed by atoms with van der Waals surface area (Å²) in [7, 11) is 363. The monoisotopic (exact) mass is 1300 g/mol. The van der Waals surface area contributed by atoms with E-state index in [1.807, 2.05) is 22.0 Å². The van der Waals surface area contributed by atoms with Crippen molar-refractivity contribution < 1.29 is 0 Å². The third kappa shape index (κ3) is 29.6. The molecule has 0 aromatic carbocycles. The largest absolute Gasteiger partial charge is 0.109 e. The lowest BCUT2D eigenvalue weighted by Gasteiger charge is -2.62. The average Bonchev–Trinajstić information content (AvgIpc) is 3.41. The Morgan fingerprint density at radius 2 is 0.250 bits per heavy atom. The van der Waals surface area contributed by atoms with Crippen molar-refractivity contribution in [2.45, 2.75) is 0 Å². The van der Waals surface area contributed by atoms with Crippen LogP contribution in [0.15, 0.2) is 0 Å². The van der Waals surface area contributed by atoms with Gasteiger partial charge in [0, 0.05) is 702 Å². The Kier molecular flexibility index (Phi) is 55.0. The third-order valence-electron chi connectivity index (χ3n) is 21.7. The van der Waals surface area contributed by atoms with Crippen molar-refractivity contribution in [2.75, 3.05) is 0 Å². The molecule has 104 heteroatoms. The highest BCUT2D eigenvalue weighted by molar-refractivity contribution is 14.2. The standard InChI is InChI=1S/B101IPS/c1-52-78(53(2)3)91(79(54(4)5)55(6)7)97(90(76(48)49)77(50)51)100(96(88(72(40)41)73(42)43)89(74(44)45)75(46)47)103(102,104)101(98(92(80(56(8)9)57(10)11)81(58(12)13)59(14)15)93(82(60(16)17)61(18)19)83(62(20)21)63(22)23)99(94(84(64(24)25)65(26)27)85(66(28)29)67(30)31)95(86(68(32)33)69(34)35)87(70(36)37)71(38)39. The summed E-state index contributed by atoms with van der Waals surface area (Å²) >= 11 is 10.0. The van der Waals surface area contributed by atoms with Crippen LogP contribution in [0, 0.1) is 0 Å². The molecular formula is B101IPS. The van der Waals surface area contributed by atoms with Crippen LogP contribution in [0.1, 0.15) is 0 Å². The molecule has 0 amide bonds. The van der Waals surface area contributed by atoms with Crippen molar-refractivity contribution >= 4 is 751 Å². The van der Waals surface area contributed by atoms with Crippen LogP contribution in [-0.2, 0) is 11.8 Å². The van der Waals surface area contributed by atoms with Crippen LogP contribution in [0.25, 0.3) is 0 Å². The van der Waals surface area contributed by atoms with Crippen molar-refractivity contribution in [3.63, 3.8) is 0 Å². The van der Waals surface area contributed by atoms with Gasteiger partial charge in [-0.1, -0.05) is 25.5 Å². The molecule has 0 rings (SSSR count). The second kappa shape index (κ2) is 51.1. The maximum atomic E-state index is 8.09. The molecule has 0 heterocycles. The fraction of sp³-hybridized carbons (Fsp3) is 0. The van der Waals surface area contributed by atoms with Crippen LogP contribution in [0.2, 0.25) is 0 Å². The maximum absolute atomic E-state index is 8.09. The van der Waals surface area contributed by atoms with E-state index in [1.165, 1.54) is 0 Å². The Labute approximate surface area is 742 Å². The number of hydrogen-bond donors (Lipinski definition) is 0. The molecule has 104 heavy (non-hydrogen) atoms. The van der Waals surface area contributed by atoms with Crippen LogP contribution in [0.4, 0.5) is 0 Å². The summed E-state index contributed by atoms with van der Waals surface area (Å²) in [6.45, 7) is 0. The van der Waals surface area contributed by atoms with Gasteiger partial charge >= 0.3 is 0 Å². The molecule has 0 fully saturated rings. The molecule has 0 aliphatic rings. The number of rotatable bonds is 50. The Morgan fingerprint density at radius 3 is 0.356 bits per heavy atom. The van der Waals surface area contributed by atoms with Gasteiger partial charge in [0.05, 0.1) is 12.4 Å². The number of hydrogen-bond acceptors (Lipinski definition) is 1. The lowest BCUT2D eigenvalue weighted by Crippen LogP contribution is -2.96. The minimum Gasteiger partial charge on any atom is -0.109 e. The van der Waals surface area contributed by atoms with Crippen LogP contribution < -0.4 is 0 Å². The first-order valence-corrected chi connectivity index (χ1v) is 39.6. The fourth-order valence-corrected chi connectivity index (χ4v) is 28.1. The summed E-state index contributed by atoms with van der Waals surface area (Å²) in [6, 6.07) is 0. The van der Waals surface area contributed by atoms with Gasteiger partial charge in [0.2, 0.25) is 0 Å². The molecule has 0 N–H and O–H groups in total. The highest BCUT2D eigenvalue weighted by atomic mass is 127. The summed E-state index contributed by atoms with van der Waals surface area (Å²) in [4.78, 5) is 0. The zero-order valence-electron chi connectivity index (χ0n) is 59.5. The van der Waals surface area contributed by atoms with Gasteiger partial charge < -0.3 is 0 Å². The van der Waals surface area contributed by atoms with E-state index < -0.39 is 316 Å². The van der Waals surface area contributed by atoms with Crippen LogP contribution >= 0.6 is 25.5 Å². The minimum atomic E-state index is -5.26. The molecule has 0 nitrogen and oxygen atoms in total. The molecule has 0 saturated heterocycles. The lowest BCUT2D eigenvalue weighted by atomic mass is 8.26. The van der Waals surface area contributed by atoms with Crippen LogP contribution in [-0.4, -0.2) is 714 Å². The molecule has 321 valence electrons. The molecular weight excluding hydrogens is 1280 g/mol. The van der Waals surface area contributed by atoms with E-state index in [0.717, 1.165) is 7.06 Å². The van der Waals surface area contributed by atoms with Crippen molar-refractivity contribution in [1.82, 2.24) is 0 Å². The van der Waals surface area contributed by atoms with Crippen molar-refractivity contribution in [3.8, 4) is 0 Å². The zero-order valence-corrected chi connectivity index (χ0v) is 63.4. The van der Waals surface area contributed by atoms with E-state index in [-0.39, 0.29) is 0 Å². The van der Waals surface area contributed by atoms with Gasteiger partial charge in [-0.25, -0.2) is 0 Å². The first-order chi connectivity index (χ1) is 47.2. The molecule has 103 radical (unpaired) electrons. The van der Waals surface area contributed by atoms with Gasteiger partial charge in [0.15, 0.2) is 0 Å². The molecule has 0 aliphatic carbocycles. The van der Waals surface area contributed by atoms with E-state index in [1.54, 1.807) is 0 Å². The normalized spacial score (nSPS) is 10.5. The molecule has 0 spiro atoms. The summed E-state index contributed by atoms with van der Waals surface area (Å²) in [5.41, 5.74) is 0. The SMILES string of the molecule is [B][B]B(B([B])[B])B(B(B([B])[B])B([B])[B])B(B(B([B])[B])B([B])[B])B(B(B(B([B])[B])B([B])[B])B(B([B])[B])B([B])[B])P(=S)(I)B(B(B(B(B([B])[B])B([B])[B])B(B([B])[B])B([B])[B])B(B(B([B])[B])B([B])[B])B(B([B])[B])B([B])[B])B(B(B(B([B])[B])B([B])[B])B(B([B])[B])B([B])[B])B(B(B([B])[B])B([B])[B])B(B([B])[B])B([B])[B]. The van der Waals surface area contributed by atoms with Crippen molar-refractivity contribution in [3.05, 3.63) is 0 Å². The Morgan fingerprint density at radius 1 is 0.154 bits per heavy atom. The Balaban J connectivity index is 14.5. The predicted molar refractivity (Wildman–Crippen MR) is 609 cm³/mol. The molecule has 1 atom stereocenters. The maximum Gasteiger partial charge on any atom is 0.0888 e. The Hall–Kier alpha value is 7.94. The van der Waals surface area contributed by atoms with Gasteiger partial charge in [-0.05, 0) is 0 Å². The molecule has 0 aromatic rings. The van der Waals surface area contributed by atoms with E-state index in [9.17, 15) is 0 Å². The van der Waals surface area contributed by atoms with Crippen molar-refractivity contribution in [2.24, 2.45) is 0 Å². The summed E-state index contributed by atoms with van der Waals surface area (Å²) in [5, 5.41) is 0. The minimum absolute atomic E-state index is 1.06. The van der Waals surface area contributed by atoms with Gasteiger partial charge in [-0.3, -0.25) is 0 Å². The third-order valence-corrected chi connectivity index (χ3v) is 30.0. The second-order valence-corrected chi connectivity index (χ2v) is 39.9. The molecule has 0 bridgehead atoms. The first-order valence-electron chi connectivity index (χ1n) is 33.9. The van der Waals surface area contributed by atoms with Gasteiger partial charge in [0.1, 0.15) is 0 Å². The topological polar surface area (TPSA) is 0 Å². The van der Waals surface area contributed by atoms with Gasteiger partial charge in [-0.2, -0.15) is 0 Å². The van der Waals surface area contributed by atoms with E-state index in [0.29, 0.717) is 0 Å². The lowest BCUT2D eigenvalue weighted by molar-refractivity contribution is 3.18. The van der Waals surface area contributed by atoms with Crippen LogP contribution in [0.5, 0.6) is 0 Å². The van der Waals surface area contributed by atoms with E-state index >= 15 is 0 Å². The molecule has 0 aromatic heterocycles. The predicted octanol–water partition coefficient (Wildman–Crippen LogP) is -36.7. The highest BCUT2D eigenvalue weighted by Crippen LogP contribution is 2.64. The van der Waals surface area contributed by atoms with Crippen molar-refractivity contribution in [1.29, 1.82) is 0 Å². The first kappa shape index (κ1) is 112. The van der Waals surface area contributed by atoms with E-state index in [2.05, 4.69) is 0 Å². The smallest absolute Gasteiger partial charge is 0.0888 e. The summed E-state index contributed by atoms with van der Waals surface area (Å²) in [5.74, 6) is 0. The molecule has 1 unspecified atom stereocenters. The molecule has 0 aliphatic heterocycles. The quantitative estimate of drug-likeness (QED) is 0.0332. The summed E-state index contributed by atoms with van der Waals surface area (Å²) in [6.07, 6.45) is -89.9. The van der Waals surface area contributed by atoms with E-state index in [4.69, 9.17) is 406 Å². The second-order valence-electron chi connectivity index (χ2n) is 28.9. The zero-order chi connectivity index (χ0) is 82.5. The van der Waals surface area contributed by atoms with Gasteiger partial charge in [0.25, 0.3) is 0 Å². The summed E-state index contributed by atoms with van der Waals surface area (Å²) < 4.78 is -5.26. The highest BCUT2D eigenvalue weighted by Gasteiger charge is 2.69. The fourth-order valence-electron chi connectivity index (χ4n) is 18.1.